The third-order valence-electron chi connectivity index (χ3n) is 3.64. The summed E-state index contributed by atoms with van der Waals surface area (Å²) in [7, 11) is 0. The molecule has 3 rings (SSSR count). The highest BCUT2D eigenvalue weighted by atomic mass is 127. The molecule has 1 fully saturated rings. The van der Waals surface area contributed by atoms with Crippen LogP contribution in [0.1, 0.15) is 11.1 Å². The Morgan fingerprint density at radius 3 is 2.84 bits per heavy atom. The highest BCUT2D eigenvalue weighted by Gasteiger charge is 2.31. The summed E-state index contributed by atoms with van der Waals surface area (Å²) in [5.41, 5.74) is 2.71. The van der Waals surface area contributed by atoms with Crippen molar-refractivity contribution in [2.75, 3.05) is 12.0 Å². The van der Waals surface area contributed by atoms with Crippen LogP contribution in [0.2, 0.25) is 0 Å². The lowest BCUT2D eigenvalue weighted by atomic mass is 10.2. The van der Waals surface area contributed by atoms with Gasteiger partial charge in [-0.2, -0.15) is 0 Å². The van der Waals surface area contributed by atoms with Crippen LogP contribution in [0.3, 0.4) is 0 Å². The predicted octanol–water partition coefficient (Wildman–Crippen LogP) is 5.01. The quantitative estimate of drug-likeness (QED) is 0.376. The average molecular weight is 484 g/mol. The van der Waals surface area contributed by atoms with Crippen molar-refractivity contribution in [3.63, 3.8) is 0 Å². The number of hydrogen-bond donors (Lipinski definition) is 1. The van der Waals surface area contributed by atoms with E-state index in [0.29, 0.717) is 21.5 Å². The van der Waals surface area contributed by atoms with Gasteiger partial charge in [0.05, 0.1) is 11.6 Å². The Hall–Kier alpha value is -1.45. The van der Waals surface area contributed by atoms with Gasteiger partial charge < -0.3 is 5.32 Å². The molecule has 1 N–H and O–H groups in total. The van der Waals surface area contributed by atoms with E-state index < -0.39 is 0 Å². The molecule has 128 valence electrons. The largest absolute Gasteiger partial charge is 0.367 e. The second-order valence-electron chi connectivity index (χ2n) is 5.46. The third-order valence-corrected chi connectivity index (χ3v) is 5.68. The lowest BCUT2D eigenvalue weighted by Crippen LogP contribution is -2.33. The molecule has 0 radical (unpaired) electrons. The molecule has 3 nitrogen and oxygen atoms in total. The number of amides is 1. The summed E-state index contributed by atoms with van der Waals surface area (Å²) >= 11 is 8.81. The first-order valence-electron chi connectivity index (χ1n) is 7.45. The normalized spacial score (nSPS) is 16.0. The molecule has 1 saturated heterocycles. The average Bonchev–Trinajstić information content (AvgIpc) is 2.81. The summed E-state index contributed by atoms with van der Waals surface area (Å²) in [4.78, 5) is 14.6. The Morgan fingerprint density at radius 2 is 2.12 bits per heavy atom. The summed E-state index contributed by atoms with van der Waals surface area (Å²) in [5, 5.41) is 3.25. The van der Waals surface area contributed by atoms with Gasteiger partial charge in [0.25, 0.3) is 5.91 Å². The van der Waals surface area contributed by atoms with Crippen molar-refractivity contribution in [1.82, 2.24) is 4.90 Å². The molecule has 0 bridgehead atoms. The van der Waals surface area contributed by atoms with Gasteiger partial charge in [-0.05, 0) is 77.0 Å². The van der Waals surface area contributed by atoms with E-state index in [4.69, 9.17) is 12.2 Å². The number of halogens is 2. The van der Waals surface area contributed by atoms with Gasteiger partial charge >= 0.3 is 0 Å². The van der Waals surface area contributed by atoms with E-state index in [-0.39, 0.29) is 11.7 Å². The summed E-state index contributed by atoms with van der Waals surface area (Å²) in [6.45, 7) is 2.31. The number of anilines is 1. The molecule has 2 aromatic rings. The van der Waals surface area contributed by atoms with Crippen LogP contribution < -0.4 is 5.32 Å². The van der Waals surface area contributed by atoms with Crippen molar-refractivity contribution in [2.24, 2.45) is 0 Å². The number of nitrogens with one attached hydrogen (secondary N) is 1. The van der Waals surface area contributed by atoms with Crippen LogP contribution in [0.15, 0.2) is 47.4 Å². The van der Waals surface area contributed by atoms with Gasteiger partial charge in [0.1, 0.15) is 10.1 Å². The smallest absolute Gasteiger partial charge is 0.267 e. The molecule has 7 heteroatoms. The first-order valence-corrected chi connectivity index (χ1v) is 9.75. The van der Waals surface area contributed by atoms with Crippen molar-refractivity contribution >= 4 is 68.6 Å². The lowest BCUT2D eigenvalue weighted by Gasteiger charge is -2.17. The molecule has 0 spiro atoms. The summed E-state index contributed by atoms with van der Waals surface area (Å²) in [6, 6.07) is 12.2. The van der Waals surface area contributed by atoms with E-state index in [1.165, 1.54) is 28.8 Å². The molecule has 1 aliphatic rings. The molecule has 0 saturated carbocycles. The second kappa shape index (κ2) is 7.84. The molecule has 1 heterocycles. The van der Waals surface area contributed by atoms with Gasteiger partial charge in [0.2, 0.25) is 0 Å². The molecule has 0 aromatic heterocycles. The van der Waals surface area contributed by atoms with Gasteiger partial charge in [-0.1, -0.05) is 36.1 Å². The number of aryl methyl sites for hydroxylation is 1. The van der Waals surface area contributed by atoms with Gasteiger partial charge in [-0.25, -0.2) is 4.39 Å². The molecular weight excluding hydrogens is 470 g/mol. The van der Waals surface area contributed by atoms with Crippen LogP contribution in [0, 0.1) is 16.3 Å². The first kappa shape index (κ1) is 18.3. The van der Waals surface area contributed by atoms with E-state index in [1.807, 2.05) is 19.1 Å². The van der Waals surface area contributed by atoms with Crippen LogP contribution in [-0.2, 0) is 4.79 Å². The SMILES string of the molecule is Cc1cc(I)ccc1NCN1C(=O)/C(=C\c2cccc(F)c2)SC1=S. The fourth-order valence-corrected chi connectivity index (χ4v) is 4.28. The molecule has 0 aliphatic carbocycles. The van der Waals surface area contributed by atoms with E-state index >= 15 is 0 Å². The van der Waals surface area contributed by atoms with Crippen LogP contribution in [0.4, 0.5) is 10.1 Å². The summed E-state index contributed by atoms with van der Waals surface area (Å²) < 4.78 is 14.9. The molecular formula is C18H14FIN2OS2. The molecule has 0 unspecified atom stereocenters. The molecule has 0 atom stereocenters. The van der Waals surface area contributed by atoms with Crippen molar-refractivity contribution in [3.05, 3.63) is 67.9 Å². The number of nitrogens with zero attached hydrogens (tertiary/aromatic N) is 1. The standard InChI is InChI=1S/C18H14FIN2OS2/c1-11-7-14(20)5-6-15(11)21-10-22-17(23)16(25-18(22)24)9-12-3-2-4-13(19)8-12/h2-9,21H,10H2,1H3/b16-9+. The van der Waals surface area contributed by atoms with Crippen molar-refractivity contribution in [2.45, 2.75) is 6.92 Å². The van der Waals surface area contributed by atoms with Gasteiger partial charge in [0, 0.05) is 9.26 Å². The van der Waals surface area contributed by atoms with Crippen molar-refractivity contribution in [3.8, 4) is 0 Å². The Morgan fingerprint density at radius 1 is 1.32 bits per heavy atom. The minimum atomic E-state index is -0.333. The maximum Gasteiger partial charge on any atom is 0.267 e. The number of hydrogen-bond acceptors (Lipinski definition) is 4. The monoisotopic (exact) mass is 484 g/mol. The minimum absolute atomic E-state index is 0.171. The van der Waals surface area contributed by atoms with E-state index in [9.17, 15) is 9.18 Å². The molecule has 2 aromatic carbocycles. The number of rotatable bonds is 4. The van der Waals surface area contributed by atoms with Crippen molar-refractivity contribution < 1.29 is 9.18 Å². The van der Waals surface area contributed by atoms with Crippen molar-refractivity contribution in [1.29, 1.82) is 0 Å². The van der Waals surface area contributed by atoms with Gasteiger partial charge in [0.15, 0.2) is 0 Å². The van der Waals surface area contributed by atoms with Crippen LogP contribution in [0.5, 0.6) is 0 Å². The molecule has 25 heavy (non-hydrogen) atoms. The highest BCUT2D eigenvalue weighted by molar-refractivity contribution is 14.1. The van der Waals surface area contributed by atoms with E-state index in [1.54, 1.807) is 18.2 Å². The summed E-state index contributed by atoms with van der Waals surface area (Å²) in [5.74, 6) is -0.505. The maximum absolute atomic E-state index is 13.3. The van der Waals surface area contributed by atoms with Crippen LogP contribution in [0.25, 0.3) is 6.08 Å². The van der Waals surface area contributed by atoms with Crippen LogP contribution >= 0.6 is 46.6 Å². The summed E-state index contributed by atoms with van der Waals surface area (Å²) in [6.07, 6.45) is 1.67. The number of thiocarbonyl (C=S) groups is 1. The molecule has 1 aliphatic heterocycles. The van der Waals surface area contributed by atoms with E-state index in [2.05, 4.69) is 34.0 Å². The molecule has 1 amide bonds. The Kier molecular flexibility index (Phi) is 5.75. The number of carbonyl (C=O) groups excluding carboxylic acids is 1. The Labute approximate surface area is 168 Å². The van der Waals surface area contributed by atoms with E-state index in [0.717, 1.165) is 14.8 Å². The third kappa shape index (κ3) is 4.39. The number of benzene rings is 2. The lowest BCUT2D eigenvalue weighted by molar-refractivity contribution is -0.121. The number of carbonyl (C=O) groups is 1. The highest BCUT2D eigenvalue weighted by Crippen LogP contribution is 2.32. The minimum Gasteiger partial charge on any atom is -0.367 e. The zero-order valence-electron chi connectivity index (χ0n) is 13.3. The fraction of sp³-hybridized carbons (Fsp3) is 0.111. The van der Waals surface area contributed by atoms with Gasteiger partial charge in [-0.15, -0.1) is 0 Å². The topological polar surface area (TPSA) is 32.3 Å². The fourth-order valence-electron chi connectivity index (χ4n) is 2.37. The predicted molar refractivity (Wildman–Crippen MR) is 114 cm³/mol. The van der Waals surface area contributed by atoms with Crippen LogP contribution in [-0.4, -0.2) is 21.8 Å². The maximum atomic E-state index is 13.3. The number of thioether (sulfide) groups is 1. The second-order valence-corrected chi connectivity index (χ2v) is 8.38. The first-order chi connectivity index (χ1) is 11.9. The van der Waals surface area contributed by atoms with Gasteiger partial charge in [-0.3, -0.25) is 9.69 Å². The Bertz CT molecular complexity index is 885. The Balaban J connectivity index is 1.73. The zero-order chi connectivity index (χ0) is 18.0. The zero-order valence-corrected chi connectivity index (χ0v) is 17.0.